The third kappa shape index (κ3) is 3.98. The molecule has 5 heteroatoms. The fraction of sp³-hybridized carbons (Fsp3) is 0.450. The number of benzene rings is 1. The molecule has 1 aliphatic rings. The number of nitrogens with one attached hydrogen (secondary N) is 2. The van der Waals surface area contributed by atoms with Crippen molar-refractivity contribution in [2.45, 2.75) is 32.4 Å². The minimum Gasteiger partial charge on any atom is -0.384 e. The average Bonchev–Trinajstić information content (AvgIpc) is 3.45. The van der Waals surface area contributed by atoms with E-state index in [2.05, 4.69) is 42.3 Å². The van der Waals surface area contributed by atoms with Gasteiger partial charge in [0.25, 0.3) is 5.56 Å². The summed E-state index contributed by atoms with van der Waals surface area (Å²) < 4.78 is 1.67. The van der Waals surface area contributed by atoms with Crippen LogP contribution in [0, 0.1) is 5.92 Å². The highest BCUT2D eigenvalue weighted by molar-refractivity contribution is 6.72. The minimum absolute atomic E-state index is 0.00574. The number of aryl methyl sites for hydroxylation is 1. The van der Waals surface area contributed by atoms with Crippen LogP contribution in [0.1, 0.15) is 19.8 Å². The SMILES string of the molecule is CC[SiH](C)c1ccc(NCC2CC2)c(-c2cc(NC)c(=O)n(C)c2)c1. The Morgan fingerprint density at radius 3 is 2.64 bits per heavy atom. The van der Waals surface area contributed by atoms with Gasteiger partial charge in [-0.1, -0.05) is 36.8 Å². The molecular formula is C20H29N3OSi. The van der Waals surface area contributed by atoms with E-state index in [0.29, 0.717) is 5.69 Å². The second-order valence-corrected chi connectivity index (χ2v) is 10.5. The first kappa shape index (κ1) is 17.8. The van der Waals surface area contributed by atoms with Gasteiger partial charge in [0.05, 0.1) is 8.80 Å². The van der Waals surface area contributed by atoms with Crippen molar-refractivity contribution in [3.63, 3.8) is 0 Å². The van der Waals surface area contributed by atoms with Crippen molar-refractivity contribution in [1.29, 1.82) is 0 Å². The molecular weight excluding hydrogens is 326 g/mol. The number of anilines is 2. The highest BCUT2D eigenvalue weighted by Gasteiger charge is 2.21. The van der Waals surface area contributed by atoms with Crippen LogP contribution in [0.5, 0.6) is 0 Å². The van der Waals surface area contributed by atoms with Crippen LogP contribution in [-0.2, 0) is 7.05 Å². The van der Waals surface area contributed by atoms with Gasteiger partial charge in [-0.25, -0.2) is 0 Å². The third-order valence-corrected chi connectivity index (χ3v) is 7.99. The Hall–Kier alpha value is -2.01. The number of nitrogens with zero attached hydrogens (tertiary/aromatic N) is 1. The Labute approximate surface area is 151 Å². The van der Waals surface area contributed by atoms with Gasteiger partial charge in [0.1, 0.15) is 5.69 Å². The van der Waals surface area contributed by atoms with Crippen LogP contribution in [0.15, 0.2) is 35.3 Å². The summed E-state index contributed by atoms with van der Waals surface area (Å²) in [5.41, 5.74) is 4.11. The summed E-state index contributed by atoms with van der Waals surface area (Å²) >= 11 is 0. The maximum Gasteiger partial charge on any atom is 0.273 e. The van der Waals surface area contributed by atoms with Crippen LogP contribution in [0.4, 0.5) is 11.4 Å². The second-order valence-electron chi connectivity index (χ2n) is 7.25. The van der Waals surface area contributed by atoms with E-state index in [9.17, 15) is 4.79 Å². The molecule has 0 amide bonds. The third-order valence-electron chi connectivity index (χ3n) is 5.27. The standard InChI is InChI=1S/C20H29N3OSi/c1-5-25(4)16-8-9-18(22-12-14-6-7-14)17(11-16)15-10-19(21-2)20(24)23(3)13-15/h8-11,13-14,21-22,25H,5-7,12H2,1-4H3. The Balaban J connectivity index is 2.06. The van der Waals surface area contributed by atoms with E-state index >= 15 is 0 Å². The molecule has 1 saturated carbocycles. The van der Waals surface area contributed by atoms with Crippen LogP contribution < -0.4 is 21.4 Å². The predicted molar refractivity (Wildman–Crippen MR) is 111 cm³/mol. The van der Waals surface area contributed by atoms with Crippen LogP contribution in [0.2, 0.25) is 12.6 Å². The molecule has 1 atom stereocenters. The van der Waals surface area contributed by atoms with E-state index in [1.807, 2.05) is 19.3 Å². The first-order valence-electron chi connectivity index (χ1n) is 9.30. The van der Waals surface area contributed by atoms with E-state index in [1.165, 1.54) is 35.3 Å². The first-order chi connectivity index (χ1) is 12.0. The second kappa shape index (κ2) is 7.48. The van der Waals surface area contributed by atoms with Crippen LogP contribution in [-0.4, -0.2) is 27.0 Å². The molecule has 1 fully saturated rings. The molecule has 0 bridgehead atoms. The molecule has 0 radical (unpaired) electrons. The molecule has 0 spiro atoms. The Morgan fingerprint density at radius 1 is 1.24 bits per heavy atom. The molecule has 1 heterocycles. The average molecular weight is 356 g/mol. The maximum absolute atomic E-state index is 12.2. The predicted octanol–water partition coefficient (Wildman–Crippen LogP) is 3.00. The van der Waals surface area contributed by atoms with Gasteiger partial charge in [0.15, 0.2) is 0 Å². The zero-order valence-electron chi connectivity index (χ0n) is 15.7. The first-order valence-corrected chi connectivity index (χ1v) is 11.8. The molecule has 0 saturated heterocycles. The van der Waals surface area contributed by atoms with Gasteiger partial charge in [-0.3, -0.25) is 4.79 Å². The summed E-state index contributed by atoms with van der Waals surface area (Å²) in [6.07, 6.45) is 4.62. The number of hydrogen-bond acceptors (Lipinski definition) is 3. The van der Waals surface area contributed by atoms with E-state index in [1.54, 1.807) is 11.6 Å². The van der Waals surface area contributed by atoms with E-state index < -0.39 is 8.80 Å². The van der Waals surface area contributed by atoms with Crippen LogP contribution in [0.25, 0.3) is 11.1 Å². The van der Waals surface area contributed by atoms with Gasteiger partial charge in [-0.2, -0.15) is 0 Å². The van der Waals surface area contributed by atoms with Crippen molar-refractivity contribution in [3.05, 3.63) is 40.8 Å². The molecule has 3 rings (SSSR count). The van der Waals surface area contributed by atoms with Gasteiger partial charge >= 0.3 is 0 Å². The highest BCUT2D eigenvalue weighted by atomic mass is 28.3. The summed E-state index contributed by atoms with van der Waals surface area (Å²) in [6.45, 7) is 5.72. The lowest BCUT2D eigenvalue weighted by molar-refractivity contribution is 0.863. The molecule has 1 unspecified atom stereocenters. The Morgan fingerprint density at radius 2 is 2.00 bits per heavy atom. The lowest BCUT2D eigenvalue weighted by Gasteiger charge is -2.17. The fourth-order valence-corrected chi connectivity index (χ4v) is 4.46. The molecule has 1 aromatic carbocycles. The van der Waals surface area contributed by atoms with Gasteiger partial charge in [-0.05, 0) is 30.9 Å². The monoisotopic (exact) mass is 355 g/mol. The Bertz CT molecular complexity index is 811. The van der Waals surface area contributed by atoms with Crippen molar-refractivity contribution in [1.82, 2.24) is 4.57 Å². The lowest BCUT2D eigenvalue weighted by Crippen LogP contribution is -2.26. The van der Waals surface area contributed by atoms with E-state index in [4.69, 9.17) is 0 Å². The van der Waals surface area contributed by atoms with Gasteiger partial charge < -0.3 is 15.2 Å². The Kier molecular flexibility index (Phi) is 5.32. The summed E-state index contributed by atoms with van der Waals surface area (Å²) in [5, 5.41) is 8.15. The number of hydrogen-bond donors (Lipinski definition) is 2. The lowest BCUT2D eigenvalue weighted by atomic mass is 10.0. The topological polar surface area (TPSA) is 46.1 Å². The fourth-order valence-electron chi connectivity index (χ4n) is 3.11. The molecule has 25 heavy (non-hydrogen) atoms. The normalized spacial score (nSPS) is 15.0. The molecule has 0 aliphatic heterocycles. The molecule has 1 aromatic heterocycles. The highest BCUT2D eigenvalue weighted by Crippen LogP contribution is 2.32. The van der Waals surface area contributed by atoms with Crippen molar-refractivity contribution < 1.29 is 0 Å². The van der Waals surface area contributed by atoms with Crippen molar-refractivity contribution in [2.75, 3.05) is 24.2 Å². The summed E-state index contributed by atoms with van der Waals surface area (Å²) in [7, 11) is 2.72. The molecule has 134 valence electrons. The largest absolute Gasteiger partial charge is 0.384 e. The summed E-state index contributed by atoms with van der Waals surface area (Å²) in [4.78, 5) is 12.2. The number of aromatic nitrogens is 1. The molecule has 2 aromatic rings. The van der Waals surface area contributed by atoms with E-state index in [0.717, 1.165) is 18.0 Å². The smallest absolute Gasteiger partial charge is 0.273 e. The minimum atomic E-state index is -0.893. The number of rotatable bonds is 7. The zero-order valence-corrected chi connectivity index (χ0v) is 16.9. The van der Waals surface area contributed by atoms with Gasteiger partial charge in [-0.15, -0.1) is 0 Å². The van der Waals surface area contributed by atoms with Crippen molar-refractivity contribution in [3.8, 4) is 11.1 Å². The van der Waals surface area contributed by atoms with Crippen LogP contribution >= 0.6 is 0 Å². The molecule has 1 aliphatic carbocycles. The van der Waals surface area contributed by atoms with Crippen molar-refractivity contribution in [2.24, 2.45) is 13.0 Å². The molecule has 2 N–H and O–H groups in total. The van der Waals surface area contributed by atoms with E-state index in [-0.39, 0.29) is 5.56 Å². The van der Waals surface area contributed by atoms with Gasteiger partial charge in [0, 0.05) is 43.7 Å². The summed E-state index contributed by atoms with van der Waals surface area (Å²) in [6, 6.07) is 10.1. The quantitative estimate of drug-likeness (QED) is 0.751. The van der Waals surface area contributed by atoms with Crippen LogP contribution in [0.3, 0.4) is 0 Å². The zero-order chi connectivity index (χ0) is 18.0. The van der Waals surface area contributed by atoms with Crippen molar-refractivity contribution >= 4 is 25.4 Å². The summed E-state index contributed by atoms with van der Waals surface area (Å²) in [5.74, 6) is 0.824. The molecule has 4 nitrogen and oxygen atoms in total. The maximum atomic E-state index is 12.2. The number of pyridine rings is 1. The van der Waals surface area contributed by atoms with Gasteiger partial charge in [0.2, 0.25) is 0 Å².